The van der Waals surface area contributed by atoms with Crippen molar-refractivity contribution in [1.29, 1.82) is 0 Å². The fraction of sp³-hybridized carbons (Fsp3) is 0.417. The van der Waals surface area contributed by atoms with Crippen molar-refractivity contribution in [3.8, 4) is 0 Å². The van der Waals surface area contributed by atoms with Crippen molar-refractivity contribution in [2.75, 3.05) is 5.75 Å². The molecule has 162 valence electrons. The van der Waals surface area contributed by atoms with E-state index in [0.29, 0.717) is 12.3 Å². The van der Waals surface area contributed by atoms with E-state index >= 15 is 0 Å². The van der Waals surface area contributed by atoms with E-state index in [4.69, 9.17) is 0 Å². The normalized spacial score (nSPS) is 12.8. The molecule has 0 aromatic heterocycles. The first-order valence-corrected chi connectivity index (χ1v) is 12.2. The molecule has 6 heteroatoms. The molecule has 0 bridgehead atoms. The molecular formula is C24H31BrN2O2S. The van der Waals surface area contributed by atoms with Crippen molar-refractivity contribution in [2.45, 2.75) is 58.5 Å². The zero-order valence-corrected chi connectivity index (χ0v) is 20.6. The zero-order chi connectivity index (χ0) is 22.1. The molecule has 2 rings (SSSR count). The standard InChI is InChI=1S/C24H31BrN2O2S/c1-5-18(3)26-24(29)19(4)27(14-21-8-6-7-17(2)13-21)23(28)16-30-15-20-9-11-22(25)12-10-20/h6-13,18-19H,5,14-16H2,1-4H3,(H,26,29). The molecule has 30 heavy (non-hydrogen) atoms. The number of thioether (sulfide) groups is 1. The largest absolute Gasteiger partial charge is 0.352 e. The average Bonchev–Trinajstić information content (AvgIpc) is 2.72. The maximum absolute atomic E-state index is 13.1. The van der Waals surface area contributed by atoms with E-state index in [9.17, 15) is 9.59 Å². The van der Waals surface area contributed by atoms with Gasteiger partial charge in [-0.25, -0.2) is 0 Å². The van der Waals surface area contributed by atoms with Gasteiger partial charge in [0.15, 0.2) is 0 Å². The molecule has 0 aliphatic heterocycles. The Kier molecular flexibility index (Phi) is 9.92. The third-order valence-electron chi connectivity index (χ3n) is 5.01. The summed E-state index contributed by atoms with van der Waals surface area (Å²) in [5, 5.41) is 3.00. The van der Waals surface area contributed by atoms with Gasteiger partial charge in [-0.05, 0) is 50.5 Å². The summed E-state index contributed by atoms with van der Waals surface area (Å²) in [6.07, 6.45) is 0.854. The van der Waals surface area contributed by atoms with Gasteiger partial charge in [0, 0.05) is 22.8 Å². The maximum atomic E-state index is 13.1. The van der Waals surface area contributed by atoms with E-state index in [1.807, 2.05) is 70.2 Å². The molecule has 0 aliphatic carbocycles. The summed E-state index contributed by atoms with van der Waals surface area (Å²) in [5.41, 5.74) is 3.34. The summed E-state index contributed by atoms with van der Waals surface area (Å²) in [6, 6.07) is 15.7. The highest BCUT2D eigenvalue weighted by atomic mass is 79.9. The van der Waals surface area contributed by atoms with Crippen LogP contribution in [0.5, 0.6) is 0 Å². The van der Waals surface area contributed by atoms with Crippen LogP contribution < -0.4 is 5.32 Å². The number of carbonyl (C=O) groups excluding carboxylic acids is 2. The Labute approximate surface area is 192 Å². The predicted molar refractivity (Wildman–Crippen MR) is 129 cm³/mol. The van der Waals surface area contributed by atoms with Crippen molar-refractivity contribution in [1.82, 2.24) is 10.2 Å². The molecule has 0 heterocycles. The highest BCUT2D eigenvalue weighted by Crippen LogP contribution is 2.18. The highest BCUT2D eigenvalue weighted by Gasteiger charge is 2.26. The number of amides is 2. The van der Waals surface area contributed by atoms with Crippen LogP contribution in [0.1, 0.15) is 43.9 Å². The summed E-state index contributed by atoms with van der Waals surface area (Å²) >= 11 is 5.01. The van der Waals surface area contributed by atoms with Gasteiger partial charge in [-0.15, -0.1) is 11.8 Å². The zero-order valence-electron chi connectivity index (χ0n) is 18.2. The van der Waals surface area contributed by atoms with Crippen LogP contribution in [0.2, 0.25) is 0 Å². The van der Waals surface area contributed by atoms with E-state index in [-0.39, 0.29) is 17.9 Å². The molecule has 2 aromatic rings. The molecule has 4 nitrogen and oxygen atoms in total. The minimum atomic E-state index is -0.528. The number of carbonyl (C=O) groups is 2. The fourth-order valence-corrected chi connectivity index (χ4v) is 4.11. The number of hydrogen-bond donors (Lipinski definition) is 1. The predicted octanol–water partition coefficient (Wildman–Crippen LogP) is 5.32. The van der Waals surface area contributed by atoms with Gasteiger partial charge >= 0.3 is 0 Å². The van der Waals surface area contributed by atoms with Gasteiger partial charge in [0.2, 0.25) is 11.8 Å². The number of hydrogen-bond acceptors (Lipinski definition) is 3. The van der Waals surface area contributed by atoms with Gasteiger partial charge < -0.3 is 10.2 Å². The monoisotopic (exact) mass is 490 g/mol. The highest BCUT2D eigenvalue weighted by molar-refractivity contribution is 9.10. The number of nitrogens with zero attached hydrogens (tertiary/aromatic N) is 1. The number of aryl methyl sites for hydroxylation is 1. The third-order valence-corrected chi connectivity index (χ3v) is 6.53. The molecule has 1 N–H and O–H groups in total. The summed E-state index contributed by atoms with van der Waals surface area (Å²) in [4.78, 5) is 27.5. The van der Waals surface area contributed by atoms with Crippen LogP contribution >= 0.6 is 27.7 Å². The molecule has 0 aliphatic rings. The topological polar surface area (TPSA) is 49.4 Å². The Morgan fingerprint density at radius 1 is 1.10 bits per heavy atom. The van der Waals surface area contributed by atoms with Crippen molar-refractivity contribution in [2.24, 2.45) is 0 Å². The number of nitrogens with one attached hydrogen (secondary N) is 1. The first kappa shape index (κ1) is 24.5. The lowest BCUT2D eigenvalue weighted by Crippen LogP contribution is -2.50. The fourth-order valence-electron chi connectivity index (χ4n) is 2.98. The van der Waals surface area contributed by atoms with E-state index in [1.54, 1.807) is 16.7 Å². The van der Waals surface area contributed by atoms with Gasteiger partial charge in [-0.2, -0.15) is 0 Å². The Hall–Kier alpha value is -1.79. The van der Waals surface area contributed by atoms with Crippen molar-refractivity contribution >= 4 is 39.5 Å². The van der Waals surface area contributed by atoms with E-state index in [1.165, 1.54) is 5.56 Å². The lowest BCUT2D eigenvalue weighted by atomic mass is 10.1. The Bertz CT molecular complexity index is 841. The summed E-state index contributed by atoms with van der Waals surface area (Å²) in [6.45, 7) is 8.28. The smallest absolute Gasteiger partial charge is 0.242 e. The number of halogens is 1. The minimum Gasteiger partial charge on any atom is -0.352 e. The van der Waals surface area contributed by atoms with Gasteiger partial charge in [-0.3, -0.25) is 9.59 Å². The molecular weight excluding hydrogens is 460 g/mol. The second-order valence-corrected chi connectivity index (χ2v) is 9.53. The first-order valence-electron chi connectivity index (χ1n) is 10.3. The van der Waals surface area contributed by atoms with E-state index < -0.39 is 6.04 Å². The quantitative estimate of drug-likeness (QED) is 0.489. The second kappa shape index (κ2) is 12.2. The number of rotatable bonds is 10. The van der Waals surface area contributed by atoms with E-state index in [0.717, 1.165) is 27.8 Å². The van der Waals surface area contributed by atoms with Crippen LogP contribution in [0, 0.1) is 6.92 Å². The average molecular weight is 491 g/mol. The van der Waals surface area contributed by atoms with Gasteiger partial charge in [-0.1, -0.05) is 64.8 Å². The molecule has 0 saturated carbocycles. The van der Waals surface area contributed by atoms with Crippen LogP contribution in [0.4, 0.5) is 0 Å². The van der Waals surface area contributed by atoms with Crippen molar-refractivity contribution in [3.05, 3.63) is 69.7 Å². The van der Waals surface area contributed by atoms with Gasteiger partial charge in [0.05, 0.1) is 5.75 Å². The van der Waals surface area contributed by atoms with E-state index in [2.05, 4.69) is 27.3 Å². The molecule has 0 radical (unpaired) electrons. The van der Waals surface area contributed by atoms with Crippen molar-refractivity contribution in [3.63, 3.8) is 0 Å². The van der Waals surface area contributed by atoms with Crippen LogP contribution in [0.15, 0.2) is 53.0 Å². The third kappa shape index (κ3) is 7.80. The van der Waals surface area contributed by atoms with Crippen LogP contribution in [-0.2, 0) is 21.9 Å². The first-order chi connectivity index (χ1) is 14.3. The summed E-state index contributed by atoms with van der Waals surface area (Å²) in [7, 11) is 0. The molecule has 0 saturated heterocycles. The summed E-state index contributed by atoms with van der Waals surface area (Å²) < 4.78 is 1.04. The molecule has 2 atom stereocenters. The summed E-state index contributed by atoms with van der Waals surface area (Å²) in [5.74, 6) is 0.960. The Balaban J connectivity index is 2.07. The van der Waals surface area contributed by atoms with Crippen molar-refractivity contribution < 1.29 is 9.59 Å². The molecule has 2 aromatic carbocycles. The molecule has 0 spiro atoms. The van der Waals surface area contributed by atoms with Crippen LogP contribution in [0.3, 0.4) is 0 Å². The van der Waals surface area contributed by atoms with Gasteiger partial charge in [0.25, 0.3) is 0 Å². The molecule has 2 unspecified atom stereocenters. The maximum Gasteiger partial charge on any atom is 0.242 e. The van der Waals surface area contributed by atoms with Crippen LogP contribution in [-0.4, -0.2) is 34.6 Å². The Morgan fingerprint density at radius 3 is 2.43 bits per heavy atom. The lowest BCUT2D eigenvalue weighted by molar-refractivity contribution is -0.138. The minimum absolute atomic E-state index is 0.0228. The second-order valence-electron chi connectivity index (χ2n) is 7.62. The Morgan fingerprint density at radius 2 is 1.80 bits per heavy atom. The SMILES string of the molecule is CCC(C)NC(=O)C(C)N(Cc1cccc(C)c1)C(=O)CSCc1ccc(Br)cc1. The van der Waals surface area contributed by atoms with Gasteiger partial charge in [0.1, 0.15) is 6.04 Å². The molecule has 2 amide bonds. The molecule has 0 fully saturated rings. The van der Waals surface area contributed by atoms with Crippen LogP contribution in [0.25, 0.3) is 0 Å². The lowest BCUT2D eigenvalue weighted by Gasteiger charge is -2.29. The number of benzene rings is 2.